The van der Waals surface area contributed by atoms with E-state index in [1.54, 1.807) is 17.9 Å². The summed E-state index contributed by atoms with van der Waals surface area (Å²) in [5, 5.41) is 12.2. The van der Waals surface area contributed by atoms with Crippen molar-refractivity contribution in [2.24, 2.45) is 7.05 Å². The Balaban J connectivity index is 1.66. The summed E-state index contributed by atoms with van der Waals surface area (Å²) in [5.41, 5.74) is 1.50. The summed E-state index contributed by atoms with van der Waals surface area (Å²) in [6, 6.07) is 5.64. The summed E-state index contributed by atoms with van der Waals surface area (Å²) in [5.74, 6) is 0.901. The van der Waals surface area contributed by atoms with E-state index >= 15 is 0 Å². The first kappa shape index (κ1) is 13.5. The van der Waals surface area contributed by atoms with Crippen LogP contribution in [-0.4, -0.2) is 57.0 Å². The Hall–Kier alpha value is -2.44. The number of nitrogens with zero attached hydrogens (tertiary/aromatic N) is 6. The van der Waals surface area contributed by atoms with Crippen LogP contribution in [0.15, 0.2) is 24.4 Å². The van der Waals surface area contributed by atoms with Crippen LogP contribution in [-0.2, 0) is 7.05 Å². The van der Waals surface area contributed by atoms with Crippen molar-refractivity contribution in [2.75, 3.05) is 31.1 Å². The zero-order valence-electron chi connectivity index (χ0n) is 12.2. The topological polar surface area (TPSA) is 67.2 Å². The van der Waals surface area contributed by atoms with Gasteiger partial charge in [-0.1, -0.05) is 0 Å². The second kappa shape index (κ2) is 5.51. The Kier molecular flexibility index (Phi) is 3.55. The molecule has 1 aliphatic heterocycles. The summed E-state index contributed by atoms with van der Waals surface area (Å²) in [7, 11) is 1.80. The van der Waals surface area contributed by atoms with Crippen LogP contribution in [0.5, 0.6) is 0 Å². The van der Waals surface area contributed by atoms with Crippen LogP contribution in [0.1, 0.15) is 16.2 Å². The van der Waals surface area contributed by atoms with E-state index in [0.717, 1.165) is 24.6 Å². The number of anilines is 1. The molecule has 1 amide bonds. The van der Waals surface area contributed by atoms with E-state index in [9.17, 15) is 4.79 Å². The monoisotopic (exact) mass is 286 g/mol. The molecule has 7 heteroatoms. The fraction of sp³-hybridized carbons (Fsp3) is 0.429. The molecule has 0 N–H and O–H groups in total. The number of carbonyl (C=O) groups excluding carboxylic acids is 1. The molecule has 7 nitrogen and oxygen atoms in total. The molecule has 0 radical (unpaired) electrons. The Labute approximate surface area is 123 Å². The Bertz CT molecular complexity index is 630. The van der Waals surface area contributed by atoms with E-state index in [1.807, 2.05) is 30.0 Å². The van der Waals surface area contributed by atoms with Gasteiger partial charge in [-0.3, -0.25) is 9.48 Å². The minimum Gasteiger partial charge on any atom is -0.352 e. The number of rotatable bonds is 2. The first-order chi connectivity index (χ1) is 10.1. The lowest BCUT2D eigenvalue weighted by atomic mass is 10.2. The predicted octanol–water partition coefficient (Wildman–Crippen LogP) is 0.481. The van der Waals surface area contributed by atoms with Crippen molar-refractivity contribution < 1.29 is 4.79 Å². The molecule has 21 heavy (non-hydrogen) atoms. The highest BCUT2D eigenvalue weighted by Crippen LogP contribution is 2.14. The van der Waals surface area contributed by atoms with Crippen molar-refractivity contribution in [3.63, 3.8) is 0 Å². The van der Waals surface area contributed by atoms with Crippen molar-refractivity contribution in [2.45, 2.75) is 6.92 Å². The van der Waals surface area contributed by atoms with Gasteiger partial charge >= 0.3 is 0 Å². The molecule has 3 heterocycles. The minimum atomic E-state index is 0.0388. The van der Waals surface area contributed by atoms with Gasteiger partial charge in [0.1, 0.15) is 5.69 Å². The number of hydrogen-bond acceptors (Lipinski definition) is 5. The van der Waals surface area contributed by atoms with E-state index in [1.165, 1.54) is 0 Å². The molecule has 0 spiro atoms. The maximum Gasteiger partial charge on any atom is 0.272 e. The molecule has 0 aromatic carbocycles. The fourth-order valence-corrected chi connectivity index (χ4v) is 2.57. The highest BCUT2D eigenvalue weighted by atomic mass is 16.2. The number of hydrogen-bond donors (Lipinski definition) is 0. The van der Waals surface area contributed by atoms with Gasteiger partial charge in [0.05, 0.1) is 5.69 Å². The molecular formula is C14H18N6O. The van der Waals surface area contributed by atoms with Gasteiger partial charge in [-0.2, -0.15) is 10.2 Å². The number of aryl methyl sites for hydroxylation is 2. The molecule has 110 valence electrons. The molecule has 1 fully saturated rings. The lowest BCUT2D eigenvalue weighted by Gasteiger charge is -2.35. The Morgan fingerprint density at radius 3 is 2.57 bits per heavy atom. The van der Waals surface area contributed by atoms with Crippen molar-refractivity contribution in [3.05, 3.63) is 35.8 Å². The van der Waals surface area contributed by atoms with Crippen LogP contribution in [0, 0.1) is 6.92 Å². The molecule has 1 aliphatic rings. The van der Waals surface area contributed by atoms with Crippen molar-refractivity contribution in [1.29, 1.82) is 0 Å². The summed E-state index contributed by atoms with van der Waals surface area (Å²) >= 11 is 0. The first-order valence-electron chi connectivity index (χ1n) is 6.98. The summed E-state index contributed by atoms with van der Waals surface area (Å²) in [6.45, 7) is 4.78. The van der Waals surface area contributed by atoms with Gasteiger partial charge in [0.2, 0.25) is 0 Å². The average Bonchev–Trinajstić information content (AvgIpc) is 2.86. The standard InChI is InChI=1S/C14H18N6O/c1-11-10-12(18(2)17-11)14(21)20-8-6-19(7-9-20)13-4-3-5-15-16-13/h3-5,10H,6-9H2,1-2H3. The fourth-order valence-electron chi connectivity index (χ4n) is 2.57. The summed E-state index contributed by atoms with van der Waals surface area (Å²) < 4.78 is 1.65. The quantitative estimate of drug-likeness (QED) is 0.803. The lowest BCUT2D eigenvalue weighted by Crippen LogP contribution is -2.49. The highest BCUT2D eigenvalue weighted by Gasteiger charge is 2.24. The van der Waals surface area contributed by atoms with Gasteiger partial charge < -0.3 is 9.80 Å². The van der Waals surface area contributed by atoms with Gasteiger partial charge in [0.15, 0.2) is 5.82 Å². The van der Waals surface area contributed by atoms with E-state index in [2.05, 4.69) is 20.2 Å². The van der Waals surface area contributed by atoms with Gasteiger partial charge in [0.25, 0.3) is 5.91 Å². The molecule has 0 atom stereocenters. The second-order valence-electron chi connectivity index (χ2n) is 5.16. The lowest BCUT2D eigenvalue weighted by molar-refractivity contribution is 0.0735. The zero-order valence-corrected chi connectivity index (χ0v) is 12.2. The van der Waals surface area contributed by atoms with Crippen molar-refractivity contribution >= 4 is 11.7 Å². The zero-order chi connectivity index (χ0) is 14.8. The average molecular weight is 286 g/mol. The third-order valence-corrected chi connectivity index (χ3v) is 3.67. The largest absolute Gasteiger partial charge is 0.352 e. The molecule has 0 saturated carbocycles. The number of amides is 1. The summed E-state index contributed by atoms with van der Waals surface area (Å²) in [4.78, 5) is 16.5. The number of aromatic nitrogens is 4. The second-order valence-corrected chi connectivity index (χ2v) is 5.16. The van der Waals surface area contributed by atoms with Crippen LogP contribution < -0.4 is 4.90 Å². The van der Waals surface area contributed by atoms with Gasteiger partial charge in [0, 0.05) is 39.4 Å². The van der Waals surface area contributed by atoms with Crippen LogP contribution in [0.25, 0.3) is 0 Å². The van der Waals surface area contributed by atoms with Crippen molar-refractivity contribution in [1.82, 2.24) is 24.9 Å². The first-order valence-corrected chi connectivity index (χ1v) is 6.98. The maximum atomic E-state index is 12.5. The van der Waals surface area contributed by atoms with Crippen molar-refractivity contribution in [3.8, 4) is 0 Å². The van der Waals surface area contributed by atoms with Crippen LogP contribution in [0.4, 0.5) is 5.82 Å². The Morgan fingerprint density at radius 1 is 1.24 bits per heavy atom. The molecule has 3 rings (SSSR count). The Morgan fingerprint density at radius 2 is 2.00 bits per heavy atom. The molecule has 0 unspecified atom stereocenters. The minimum absolute atomic E-state index is 0.0388. The van der Waals surface area contributed by atoms with Gasteiger partial charge in [-0.25, -0.2) is 0 Å². The normalized spacial score (nSPS) is 15.3. The third-order valence-electron chi connectivity index (χ3n) is 3.67. The molecule has 2 aromatic heterocycles. The van der Waals surface area contributed by atoms with Crippen LogP contribution in [0.2, 0.25) is 0 Å². The molecule has 1 saturated heterocycles. The maximum absolute atomic E-state index is 12.5. The van der Waals surface area contributed by atoms with Crippen LogP contribution in [0.3, 0.4) is 0 Å². The van der Waals surface area contributed by atoms with Gasteiger partial charge in [-0.15, -0.1) is 5.10 Å². The number of carbonyl (C=O) groups is 1. The summed E-state index contributed by atoms with van der Waals surface area (Å²) in [6.07, 6.45) is 1.66. The van der Waals surface area contributed by atoms with Gasteiger partial charge in [-0.05, 0) is 25.1 Å². The smallest absolute Gasteiger partial charge is 0.272 e. The van der Waals surface area contributed by atoms with E-state index in [-0.39, 0.29) is 5.91 Å². The molecule has 2 aromatic rings. The van der Waals surface area contributed by atoms with Crippen LogP contribution >= 0.6 is 0 Å². The number of piperazine rings is 1. The van der Waals surface area contributed by atoms with E-state index in [0.29, 0.717) is 18.8 Å². The van der Waals surface area contributed by atoms with E-state index < -0.39 is 0 Å². The predicted molar refractivity (Wildman–Crippen MR) is 78.1 cm³/mol. The molecule has 0 aliphatic carbocycles. The molecular weight excluding hydrogens is 268 g/mol. The molecule has 0 bridgehead atoms. The van der Waals surface area contributed by atoms with E-state index in [4.69, 9.17) is 0 Å². The highest BCUT2D eigenvalue weighted by molar-refractivity contribution is 5.92. The third kappa shape index (κ3) is 2.72. The SMILES string of the molecule is Cc1cc(C(=O)N2CCN(c3cccnn3)CC2)n(C)n1.